The minimum absolute atomic E-state index is 0.267. The van der Waals surface area contributed by atoms with Gasteiger partial charge in [-0.1, -0.05) is 34.1 Å². The number of hydrogen-bond acceptors (Lipinski definition) is 4. The molecule has 0 fully saturated rings. The quantitative estimate of drug-likeness (QED) is 0.0691. The van der Waals surface area contributed by atoms with Crippen molar-refractivity contribution >= 4 is 66.7 Å². The van der Waals surface area contributed by atoms with Crippen molar-refractivity contribution in [2.75, 3.05) is 6.54 Å². The molecule has 0 bridgehead atoms. The monoisotopic (exact) mass is 549 g/mol. The summed E-state index contributed by atoms with van der Waals surface area (Å²) in [6.07, 6.45) is 4.18. The zero-order valence-electron chi connectivity index (χ0n) is 18.7. The molecule has 0 spiro atoms. The van der Waals surface area contributed by atoms with Crippen LogP contribution in [0.2, 0.25) is 0 Å². The van der Waals surface area contributed by atoms with Crippen molar-refractivity contribution in [3.8, 4) is 0 Å². The average Bonchev–Trinajstić information content (AvgIpc) is 3.48. The lowest BCUT2D eigenvalue weighted by Crippen LogP contribution is -2.33. The second kappa shape index (κ2) is 9.30. The summed E-state index contributed by atoms with van der Waals surface area (Å²) in [6, 6.07) is 13.3. The van der Waals surface area contributed by atoms with Gasteiger partial charge in [-0.15, -0.1) is 0 Å². The molecule has 4 aromatic rings. The van der Waals surface area contributed by atoms with Crippen LogP contribution in [0.5, 0.6) is 0 Å². The van der Waals surface area contributed by atoms with E-state index in [0.29, 0.717) is 41.8 Å². The van der Waals surface area contributed by atoms with Gasteiger partial charge >= 0.3 is 0 Å². The van der Waals surface area contributed by atoms with E-state index in [-0.39, 0.29) is 5.96 Å². The first-order valence-electron chi connectivity index (χ1n) is 11.0. The first-order chi connectivity index (χ1) is 17.3. The standard InChI is InChI=1S/C24H20BrN7O4/c25-13-6-7-19-15(10-13)17(12-31(19)9-3-8-27-24(26)30-32(35)36)21-20(22(33)29-23(21)34)16-11-28-18-5-2-1-4-14(16)18/h1-2,4-7,10-12,28H,3,8-9H2,(H3,26,27,30)(H,29,33,34). The Morgan fingerprint density at radius 2 is 1.86 bits per heavy atom. The summed E-state index contributed by atoms with van der Waals surface area (Å²) in [5.41, 5.74) is 9.14. The summed E-state index contributed by atoms with van der Waals surface area (Å²) in [6.45, 7) is 0.888. The Morgan fingerprint density at radius 1 is 1.11 bits per heavy atom. The van der Waals surface area contributed by atoms with Crippen molar-refractivity contribution in [1.29, 1.82) is 0 Å². The van der Waals surface area contributed by atoms with E-state index in [9.17, 15) is 19.7 Å². The fourth-order valence-corrected chi connectivity index (χ4v) is 4.85. The second-order valence-corrected chi connectivity index (χ2v) is 9.10. The smallest absolute Gasteiger partial charge is 0.266 e. The molecule has 0 unspecified atom stereocenters. The number of rotatable bonds is 7. The zero-order chi connectivity index (χ0) is 25.4. The van der Waals surface area contributed by atoms with Crippen molar-refractivity contribution in [1.82, 2.24) is 20.2 Å². The number of aryl methyl sites for hydroxylation is 1. The predicted molar refractivity (Wildman–Crippen MR) is 139 cm³/mol. The van der Waals surface area contributed by atoms with Crippen LogP contribution in [0.4, 0.5) is 0 Å². The van der Waals surface area contributed by atoms with Crippen LogP contribution in [-0.2, 0) is 16.1 Å². The van der Waals surface area contributed by atoms with Crippen LogP contribution in [-0.4, -0.2) is 38.9 Å². The van der Waals surface area contributed by atoms with Gasteiger partial charge in [-0.3, -0.25) is 14.9 Å². The molecule has 12 heteroatoms. The maximum Gasteiger partial charge on any atom is 0.266 e. The first-order valence-corrected chi connectivity index (χ1v) is 11.8. The lowest BCUT2D eigenvalue weighted by Gasteiger charge is -2.06. The van der Waals surface area contributed by atoms with Gasteiger partial charge < -0.3 is 20.6 Å². The Kier molecular flexibility index (Phi) is 6.02. The highest BCUT2D eigenvalue weighted by atomic mass is 79.9. The van der Waals surface area contributed by atoms with Crippen LogP contribution in [0.3, 0.4) is 0 Å². The number of amides is 2. The molecule has 0 saturated heterocycles. The summed E-state index contributed by atoms with van der Waals surface area (Å²) < 4.78 is 2.81. The Morgan fingerprint density at radius 3 is 2.64 bits per heavy atom. The number of aromatic nitrogens is 2. The number of nitro groups is 1. The number of hydrazone groups is 1. The molecule has 36 heavy (non-hydrogen) atoms. The van der Waals surface area contributed by atoms with Crippen LogP contribution in [0.1, 0.15) is 17.5 Å². The number of carbonyl (C=O) groups is 2. The Hall–Kier alpha value is -4.45. The van der Waals surface area contributed by atoms with E-state index >= 15 is 0 Å². The third-order valence-corrected chi connectivity index (χ3v) is 6.47. The van der Waals surface area contributed by atoms with Gasteiger partial charge in [0, 0.05) is 62.9 Å². The molecule has 11 nitrogen and oxygen atoms in total. The van der Waals surface area contributed by atoms with Crippen molar-refractivity contribution < 1.29 is 14.6 Å². The summed E-state index contributed by atoms with van der Waals surface area (Å²) in [4.78, 5) is 39.6. The number of benzene rings is 2. The molecule has 0 saturated carbocycles. The average molecular weight is 550 g/mol. The Labute approximate surface area is 212 Å². The van der Waals surface area contributed by atoms with E-state index < -0.39 is 16.8 Å². The van der Waals surface area contributed by atoms with Crippen molar-refractivity contribution in [3.63, 3.8) is 0 Å². The molecule has 5 rings (SSSR count). The second-order valence-electron chi connectivity index (χ2n) is 8.18. The third-order valence-electron chi connectivity index (χ3n) is 5.97. The molecular formula is C24H20BrN7O4. The number of imide groups is 1. The number of fused-ring (bicyclic) bond motifs is 2. The highest BCUT2D eigenvalue weighted by molar-refractivity contribution is 9.10. The molecule has 2 aromatic heterocycles. The number of guanidine groups is 1. The topological polar surface area (TPSA) is 160 Å². The number of para-hydroxylation sites is 1. The van der Waals surface area contributed by atoms with Crippen LogP contribution in [0.25, 0.3) is 33.0 Å². The molecule has 0 atom stereocenters. The molecule has 182 valence electrons. The Bertz CT molecular complexity index is 1620. The van der Waals surface area contributed by atoms with Crippen molar-refractivity contribution in [2.45, 2.75) is 13.0 Å². The molecule has 2 aromatic carbocycles. The fourth-order valence-electron chi connectivity index (χ4n) is 4.49. The highest BCUT2D eigenvalue weighted by Crippen LogP contribution is 2.39. The van der Waals surface area contributed by atoms with Gasteiger partial charge in [0.25, 0.3) is 17.8 Å². The van der Waals surface area contributed by atoms with Crippen molar-refractivity contribution in [2.24, 2.45) is 10.8 Å². The number of nitrogens with zero attached hydrogens (tertiary/aromatic N) is 3. The van der Waals surface area contributed by atoms with E-state index in [4.69, 9.17) is 5.73 Å². The van der Waals surface area contributed by atoms with Gasteiger partial charge in [0.15, 0.2) is 5.03 Å². The molecular weight excluding hydrogens is 530 g/mol. The van der Waals surface area contributed by atoms with Crippen LogP contribution in [0, 0.1) is 10.1 Å². The predicted octanol–water partition coefficient (Wildman–Crippen LogP) is 2.94. The molecule has 1 aliphatic rings. The van der Waals surface area contributed by atoms with E-state index in [1.807, 2.05) is 53.2 Å². The van der Waals surface area contributed by atoms with Crippen LogP contribution < -0.4 is 16.4 Å². The summed E-state index contributed by atoms with van der Waals surface area (Å²) in [7, 11) is 0. The molecule has 5 N–H and O–H groups in total. The van der Waals surface area contributed by atoms with E-state index in [1.165, 1.54) is 0 Å². The van der Waals surface area contributed by atoms with E-state index in [1.54, 1.807) is 6.20 Å². The van der Waals surface area contributed by atoms with E-state index in [0.717, 1.165) is 26.3 Å². The fraction of sp³-hybridized carbons (Fsp3) is 0.125. The minimum Gasteiger partial charge on any atom is -0.365 e. The highest BCUT2D eigenvalue weighted by Gasteiger charge is 2.35. The molecule has 2 amide bonds. The number of nitrogens with one attached hydrogen (secondary N) is 3. The number of hydrogen-bond donors (Lipinski definition) is 4. The molecule has 0 aliphatic carbocycles. The van der Waals surface area contributed by atoms with Gasteiger partial charge in [-0.25, -0.2) is 10.1 Å². The first kappa shape index (κ1) is 23.3. The van der Waals surface area contributed by atoms with Gasteiger partial charge in [0.1, 0.15) is 5.10 Å². The number of halogens is 1. The van der Waals surface area contributed by atoms with Gasteiger partial charge in [-0.05, 0) is 30.7 Å². The number of carbonyl (C=O) groups excluding carboxylic acids is 2. The van der Waals surface area contributed by atoms with Gasteiger partial charge in [-0.2, -0.15) is 0 Å². The van der Waals surface area contributed by atoms with Crippen LogP contribution >= 0.6 is 15.9 Å². The molecule has 0 radical (unpaired) electrons. The lowest BCUT2D eigenvalue weighted by molar-refractivity contribution is -0.485. The Balaban J connectivity index is 1.57. The number of H-pyrrole nitrogens is 1. The maximum absolute atomic E-state index is 13.1. The summed E-state index contributed by atoms with van der Waals surface area (Å²) >= 11 is 3.51. The molecule has 1 aliphatic heterocycles. The third kappa shape index (κ3) is 4.22. The lowest BCUT2D eigenvalue weighted by atomic mass is 9.95. The summed E-state index contributed by atoms with van der Waals surface area (Å²) in [5.74, 6) is -1.17. The minimum atomic E-state index is -0.862. The number of aromatic amines is 1. The van der Waals surface area contributed by atoms with Crippen LogP contribution in [0.15, 0.2) is 64.4 Å². The van der Waals surface area contributed by atoms with Gasteiger partial charge in [0.05, 0.1) is 11.1 Å². The normalized spacial score (nSPS) is 14.2. The number of nitrogens with two attached hydrogens (primary N) is 1. The molecule has 3 heterocycles. The van der Waals surface area contributed by atoms with Gasteiger partial charge in [0.2, 0.25) is 0 Å². The zero-order valence-corrected chi connectivity index (χ0v) is 20.3. The summed E-state index contributed by atoms with van der Waals surface area (Å²) in [5, 5.41) is 19.4. The maximum atomic E-state index is 13.1. The van der Waals surface area contributed by atoms with E-state index in [2.05, 4.69) is 36.6 Å². The van der Waals surface area contributed by atoms with Crippen molar-refractivity contribution in [3.05, 3.63) is 80.6 Å². The SMILES string of the molecule is NC(=N[N+](=O)[O-])NCCCn1cc(C2=C(c3c[nH]c4ccccc34)C(=O)NC2=O)c2cc(Br)ccc21. The largest absolute Gasteiger partial charge is 0.365 e.